The molecule has 0 spiro atoms. The predicted molar refractivity (Wildman–Crippen MR) is 70.4 cm³/mol. The Kier molecular flexibility index (Phi) is 4.91. The summed E-state index contributed by atoms with van der Waals surface area (Å²) >= 11 is 0. The lowest BCUT2D eigenvalue weighted by Gasteiger charge is -2.45. The van der Waals surface area contributed by atoms with E-state index in [1.807, 2.05) is 20.8 Å². The molecule has 0 unspecified atom stereocenters. The molecule has 0 aliphatic carbocycles. The van der Waals surface area contributed by atoms with Gasteiger partial charge in [-0.1, -0.05) is 0 Å². The van der Waals surface area contributed by atoms with Crippen molar-refractivity contribution in [1.82, 2.24) is 4.72 Å². The average Bonchev–Trinajstić information content (AvgIpc) is 2.21. The largest absolute Gasteiger partial charge is 0.466 e. The number of esters is 1. The first kappa shape index (κ1) is 15.6. The van der Waals surface area contributed by atoms with E-state index in [9.17, 15) is 9.00 Å². The smallest absolute Gasteiger partial charge is 0.310 e. The number of carbonyl (C=O) groups is 1. The van der Waals surface area contributed by atoms with Gasteiger partial charge in [-0.2, -0.15) is 0 Å². The van der Waals surface area contributed by atoms with Crippen molar-refractivity contribution in [3.05, 3.63) is 0 Å². The number of hydrogen-bond acceptors (Lipinski definition) is 4. The fourth-order valence-electron chi connectivity index (χ4n) is 1.55. The lowest BCUT2D eigenvalue weighted by Crippen LogP contribution is -2.67. The van der Waals surface area contributed by atoms with E-state index in [0.717, 1.165) is 0 Å². The summed E-state index contributed by atoms with van der Waals surface area (Å²) in [6.07, 6.45) is 0. The van der Waals surface area contributed by atoms with Gasteiger partial charge < -0.3 is 9.47 Å². The summed E-state index contributed by atoms with van der Waals surface area (Å²) < 4.78 is 25.0. The third-order valence-electron chi connectivity index (χ3n) is 3.04. The van der Waals surface area contributed by atoms with Crippen LogP contribution in [-0.2, 0) is 25.3 Å². The maximum atomic E-state index is 12.2. The highest BCUT2D eigenvalue weighted by Gasteiger charge is 2.49. The number of rotatable bonds is 5. The van der Waals surface area contributed by atoms with E-state index in [-0.39, 0.29) is 16.6 Å². The molecule has 1 aliphatic heterocycles. The molecule has 0 saturated carbocycles. The van der Waals surface area contributed by atoms with Crippen LogP contribution in [0.25, 0.3) is 0 Å². The molecule has 5 nitrogen and oxygen atoms in total. The molecule has 106 valence electrons. The Morgan fingerprint density at radius 1 is 1.50 bits per heavy atom. The van der Waals surface area contributed by atoms with Crippen LogP contribution < -0.4 is 4.72 Å². The summed E-state index contributed by atoms with van der Waals surface area (Å²) in [4.78, 5) is 11.8. The summed E-state index contributed by atoms with van der Waals surface area (Å²) in [5.74, 6) is -0.656. The summed E-state index contributed by atoms with van der Waals surface area (Å²) in [5, 5.41) is 0. The molecular formula is C12H23NO4S. The molecule has 2 atom stereocenters. The van der Waals surface area contributed by atoms with Crippen LogP contribution in [0.5, 0.6) is 0 Å². The fourth-order valence-corrected chi connectivity index (χ4v) is 2.52. The van der Waals surface area contributed by atoms with Crippen LogP contribution >= 0.6 is 0 Å². The SMILES string of the molecule is CCOC(=O)[C@H](C)C1(N[S@@](=O)C(C)(C)C)COC1. The minimum absolute atomic E-state index is 0.279. The molecule has 0 bridgehead atoms. The van der Waals surface area contributed by atoms with E-state index in [1.165, 1.54) is 0 Å². The molecule has 0 radical (unpaired) electrons. The van der Waals surface area contributed by atoms with Gasteiger partial charge in [-0.15, -0.1) is 0 Å². The first-order chi connectivity index (χ1) is 8.23. The Bertz CT molecular complexity index is 333. The quantitative estimate of drug-likeness (QED) is 0.762. The van der Waals surface area contributed by atoms with Crippen molar-refractivity contribution in [3.8, 4) is 0 Å². The van der Waals surface area contributed by atoms with E-state index >= 15 is 0 Å². The number of ether oxygens (including phenoxy) is 2. The van der Waals surface area contributed by atoms with Crippen LogP contribution in [-0.4, -0.2) is 40.3 Å². The van der Waals surface area contributed by atoms with Crippen molar-refractivity contribution in [2.75, 3.05) is 19.8 Å². The van der Waals surface area contributed by atoms with Crippen LogP contribution in [0.1, 0.15) is 34.6 Å². The van der Waals surface area contributed by atoms with Gasteiger partial charge in [0.2, 0.25) is 0 Å². The molecular weight excluding hydrogens is 254 g/mol. The third-order valence-corrected chi connectivity index (χ3v) is 4.74. The van der Waals surface area contributed by atoms with Gasteiger partial charge in [0.25, 0.3) is 0 Å². The zero-order valence-electron chi connectivity index (χ0n) is 11.7. The van der Waals surface area contributed by atoms with Crippen molar-refractivity contribution in [3.63, 3.8) is 0 Å². The zero-order chi connectivity index (χ0) is 14.0. The Balaban J connectivity index is 2.74. The summed E-state index contributed by atoms with van der Waals surface area (Å²) in [6.45, 7) is 10.3. The Hall–Kier alpha value is -0.460. The fraction of sp³-hybridized carbons (Fsp3) is 0.917. The molecule has 0 aromatic heterocycles. The molecule has 0 aromatic carbocycles. The van der Waals surface area contributed by atoms with Gasteiger partial charge >= 0.3 is 5.97 Å². The second-order valence-corrected chi connectivity index (χ2v) is 7.57. The lowest BCUT2D eigenvalue weighted by atomic mass is 9.84. The minimum Gasteiger partial charge on any atom is -0.466 e. The molecule has 1 aliphatic rings. The van der Waals surface area contributed by atoms with Crippen molar-refractivity contribution in [1.29, 1.82) is 0 Å². The number of carbonyl (C=O) groups excluding carboxylic acids is 1. The minimum atomic E-state index is -1.23. The summed E-state index contributed by atoms with van der Waals surface area (Å²) in [7, 11) is -1.23. The van der Waals surface area contributed by atoms with Gasteiger partial charge in [0.15, 0.2) is 0 Å². The summed E-state index contributed by atoms with van der Waals surface area (Å²) in [5.41, 5.74) is -0.565. The van der Waals surface area contributed by atoms with Crippen molar-refractivity contribution in [2.45, 2.75) is 44.9 Å². The van der Waals surface area contributed by atoms with E-state index in [0.29, 0.717) is 19.8 Å². The van der Waals surface area contributed by atoms with Crippen molar-refractivity contribution in [2.24, 2.45) is 5.92 Å². The first-order valence-corrected chi connectivity index (χ1v) is 7.32. The number of nitrogens with one attached hydrogen (secondary N) is 1. The average molecular weight is 277 g/mol. The zero-order valence-corrected chi connectivity index (χ0v) is 12.6. The van der Waals surface area contributed by atoms with Gasteiger partial charge in [0.1, 0.15) is 0 Å². The maximum Gasteiger partial charge on any atom is 0.310 e. The van der Waals surface area contributed by atoms with Gasteiger partial charge in [-0.3, -0.25) is 4.79 Å². The highest BCUT2D eigenvalue weighted by Crippen LogP contribution is 2.29. The van der Waals surface area contributed by atoms with Crippen LogP contribution in [0, 0.1) is 5.92 Å². The molecule has 1 heterocycles. The Morgan fingerprint density at radius 3 is 2.39 bits per heavy atom. The molecule has 6 heteroatoms. The normalized spacial score (nSPS) is 21.8. The Labute approximate surface area is 111 Å². The molecule has 1 fully saturated rings. The van der Waals surface area contributed by atoms with Crippen LogP contribution in [0.2, 0.25) is 0 Å². The Morgan fingerprint density at radius 2 is 2.06 bits per heavy atom. The van der Waals surface area contributed by atoms with Crippen LogP contribution in [0.4, 0.5) is 0 Å². The highest BCUT2D eigenvalue weighted by atomic mass is 32.2. The molecule has 18 heavy (non-hydrogen) atoms. The van der Waals surface area contributed by atoms with Gasteiger partial charge in [0.05, 0.1) is 47.0 Å². The van der Waals surface area contributed by atoms with E-state index < -0.39 is 16.5 Å². The van der Waals surface area contributed by atoms with Crippen LogP contribution in [0.3, 0.4) is 0 Å². The second-order valence-electron chi connectivity index (χ2n) is 5.61. The second kappa shape index (κ2) is 5.67. The van der Waals surface area contributed by atoms with Crippen LogP contribution in [0.15, 0.2) is 0 Å². The topological polar surface area (TPSA) is 64.6 Å². The first-order valence-electron chi connectivity index (χ1n) is 6.17. The standard InChI is InChI=1S/C12H23NO4S/c1-6-17-10(14)9(2)12(7-16-8-12)13-18(15)11(3,4)5/h9,13H,6-8H2,1-5H3/t9-,18-/m0/s1. The molecule has 1 saturated heterocycles. The predicted octanol–water partition coefficient (Wildman–Crippen LogP) is 1.01. The third kappa shape index (κ3) is 3.30. The van der Waals surface area contributed by atoms with Gasteiger partial charge in [-0.25, -0.2) is 8.93 Å². The molecule has 1 N–H and O–H groups in total. The van der Waals surface area contributed by atoms with Crippen molar-refractivity contribution < 1.29 is 18.5 Å². The highest BCUT2D eigenvalue weighted by molar-refractivity contribution is 7.84. The molecule has 1 rings (SSSR count). The summed E-state index contributed by atoms with van der Waals surface area (Å²) in [6, 6.07) is 0. The van der Waals surface area contributed by atoms with E-state index in [2.05, 4.69) is 4.72 Å². The van der Waals surface area contributed by atoms with Gasteiger partial charge in [0, 0.05) is 0 Å². The number of hydrogen-bond donors (Lipinski definition) is 1. The van der Waals surface area contributed by atoms with Gasteiger partial charge in [-0.05, 0) is 34.6 Å². The molecule has 0 aromatic rings. The van der Waals surface area contributed by atoms with Crippen molar-refractivity contribution >= 4 is 17.0 Å². The lowest BCUT2D eigenvalue weighted by molar-refractivity contribution is -0.161. The maximum absolute atomic E-state index is 12.2. The van der Waals surface area contributed by atoms with E-state index in [1.54, 1.807) is 13.8 Å². The van der Waals surface area contributed by atoms with E-state index in [4.69, 9.17) is 9.47 Å². The molecule has 0 amide bonds. The monoisotopic (exact) mass is 277 g/mol.